The van der Waals surface area contributed by atoms with E-state index in [2.05, 4.69) is 29.6 Å². The Hall–Kier alpha value is -2.17. The van der Waals surface area contributed by atoms with Crippen LogP contribution in [-0.4, -0.2) is 32.8 Å². The summed E-state index contributed by atoms with van der Waals surface area (Å²) in [6.45, 7) is 1.01. The lowest BCUT2D eigenvalue weighted by molar-refractivity contribution is -0.0290. The molecule has 1 fully saturated rings. The molecule has 1 aliphatic heterocycles. The van der Waals surface area contributed by atoms with E-state index in [1.54, 1.807) is 0 Å². The van der Waals surface area contributed by atoms with Crippen molar-refractivity contribution in [2.45, 2.75) is 37.8 Å². The summed E-state index contributed by atoms with van der Waals surface area (Å²) in [5.74, 6) is -0.289. The van der Waals surface area contributed by atoms with Crippen LogP contribution in [0.25, 0.3) is 0 Å². The molecular weight excluding hydrogens is 338 g/mol. The van der Waals surface area contributed by atoms with Crippen molar-refractivity contribution in [1.82, 2.24) is 5.32 Å². The van der Waals surface area contributed by atoms with Gasteiger partial charge in [-0.1, -0.05) is 36.4 Å². The highest BCUT2D eigenvalue weighted by atomic mass is 16.5. The molecule has 0 bridgehead atoms. The van der Waals surface area contributed by atoms with E-state index in [9.17, 15) is 4.79 Å². The van der Waals surface area contributed by atoms with E-state index in [-0.39, 0.29) is 17.5 Å². The van der Waals surface area contributed by atoms with Gasteiger partial charge < -0.3 is 14.8 Å². The van der Waals surface area contributed by atoms with Gasteiger partial charge in [0, 0.05) is 18.6 Å². The summed E-state index contributed by atoms with van der Waals surface area (Å²) in [4.78, 5) is 11.6. The number of hydrogen-bond acceptors (Lipinski definition) is 4. The minimum Gasteiger partial charge on any atom is -0.465 e. The molecular formula is C23H27NO3. The molecule has 0 aromatic heterocycles. The number of rotatable bonds is 4. The van der Waals surface area contributed by atoms with Gasteiger partial charge in [-0.25, -0.2) is 4.79 Å². The molecule has 0 radical (unpaired) electrons. The van der Waals surface area contributed by atoms with Crippen LogP contribution in [0.4, 0.5) is 0 Å². The van der Waals surface area contributed by atoms with Gasteiger partial charge in [0.2, 0.25) is 0 Å². The Bertz CT molecular complexity index is 817. The molecule has 0 saturated carbocycles. The summed E-state index contributed by atoms with van der Waals surface area (Å²) in [6.07, 6.45) is 4.47. The smallest absolute Gasteiger partial charge is 0.337 e. The van der Waals surface area contributed by atoms with E-state index in [0.717, 1.165) is 32.2 Å². The molecule has 4 rings (SSSR count). The second-order valence-electron chi connectivity index (χ2n) is 7.85. The van der Waals surface area contributed by atoms with Crippen LogP contribution in [0.5, 0.6) is 0 Å². The summed E-state index contributed by atoms with van der Waals surface area (Å²) in [5, 5.41) is 3.69. The maximum absolute atomic E-state index is 11.6. The Morgan fingerprint density at radius 2 is 1.93 bits per heavy atom. The molecule has 2 aromatic carbocycles. The quantitative estimate of drug-likeness (QED) is 0.840. The highest BCUT2D eigenvalue weighted by Gasteiger charge is 2.48. The molecule has 2 aliphatic rings. The molecule has 1 N–H and O–H groups in total. The fourth-order valence-corrected chi connectivity index (χ4v) is 5.04. The number of benzene rings is 2. The zero-order valence-electron chi connectivity index (χ0n) is 16.0. The molecule has 2 aromatic rings. The Morgan fingerprint density at radius 3 is 2.67 bits per heavy atom. The maximum atomic E-state index is 11.6. The first-order valence-electron chi connectivity index (χ1n) is 9.66. The number of fused-ring (bicyclic) bond motifs is 1. The third-order valence-corrected chi connectivity index (χ3v) is 6.24. The number of carbonyl (C=O) groups excluding carboxylic acids is 1. The summed E-state index contributed by atoms with van der Waals surface area (Å²) >= 11 is 0. The van der Waals surface area contributed by atoms with Crippen LogP contribution in [0.15, 0.2) is 48.5 Å². The van der Waals surface area contributed by atoms with E-state index in [1.807, 2.05) is 31.4 Å². The molecule has 1 heterocycles. The molecule has 27 heavy (non-hydrogen) atoms. The van der Waals surface area contributed by atoms with Crippen LogP contribution in [0, 0.1) is 5.41 Å². The lowest BCUT2D eigenvalue weighted by Gasteiger charge is -2.42. The molecule has 1 aliphatic carbocycles. The molecule has 3 atom stereocenters. The predicted octanol–water partition coefficient (Wildman–Crippen LogP) is 3.70. The van der Waals surface area contributed by atoms with E-state index < -0.39 is 0 Å². The zero-order chi connectivity index (χ0) is 18.9. The molecule has 1 saturated heterocycles. The number of piperidine rings is 1. The topological polar surface area (TPSA) is 47.6 Å². The average Bonchev–Trinajstić information content (AvgIpc) is 2.99. The Kier molecular flexibility index (Phi) is 5.02. The highest BCUT2D eigenvalue weighted by molar-refractivity contribution is 5.89. The SMILES string of the molecule is COC(=O)c1ccc(CC2CC3(CCN2)Cc2ccccc2C3OC)cc1. The van der Waals surface area contributed by atoms with Crippen molar-refractivity contribution in [3.63, 3.8) is 0 Å². The lowest BCUT2D eigenvalue weighted by Crippen LogP contribution is -2.47. The second-order valence-corrected chi connectivity index (χ2v) is 7.85. The first kappa shape index (κ1) is 18.2. The van der Waals surface area contributed by atoms with Crippen molar-refractivity contribution < 1.29 is 14.3 Å². The Morgan fingerprint density at radius 1 is 1.15 bits per heavy atom. The highest BCUT2D eigenvalue weighted by Crippen LogP contribution is 2.53. The molecule has 142 valence electrons. The normalized spacial score (nSPS) is 26.7. The largest absolute Gasteiger partial charge is 0.465 e. The Balaban J connectivity index is 1.49. The third-order valence-electron chi connectivity index (χ3n) is 6.24. The Labute approximate surface area is 160 Å². The minimum atomic E-state index is -0.289. The fraction of sp³-hybridized carbons (Fsp3) is 0.435. The van der Waals surface area contributed by atoms with Crippen LogP contribution in [0.1, 0.15) is 46.0 Å². The van der Waals surface area contributed by atoms with Crippen molar-refractivity contribution >= 4 is 5.97 Å². The van der Waals surface area contributed by atoms with Crippen molar-refractivity contribution in [2.75, 3.05) is 20.8 Å². The molecule has 4 nitrogen and oxygen atoms in total. The second kappa shape index (κ2) is 7.45. The molecule has 1 spiro atoms. The van der Waals surface area contributed by atoms with E-state index in [1.165, 1.54) is 23.8 Å². The number of hydrogen-bond donors (Lipinski definition) is 1. The molecule has 0 amide bonds. The van der Waals surface area contributed by atoms with Crippen molar-refractivity contribution in [2.24, 2.45) is 5.41 Å². The number of carbonyl (C=O) groups is 1. The number of nitrogens with one attached hydrogen (secondary N) is 1. The standard InChI is InChI=1S/C23H27NO3/c1-26-21-20-6-4-3-5-18(20)14-23(21)11-12-24-19(15-23)13-16-7-9-17(10-8-16)22(25)27-2/h3-10,19,21,24H,11-15H2,1-2H3. The third kappa shape index (κ3) is 3.40. The average molecular weight is 365 g/mol. The van der Waals surface area contributed by atoms with Gasteiger partial charge in [-0.3, -0.25) is 0 Å². The summed E-state index contributed by atoms with van der Waals surface area (Å²) in [7, 11) is 3.25. The van der Waals surface area contributed by atoms with Gasteiger partial charge in [0.1, 0.15) is 0 Å². The van der Waals surface area contributed by atoms with Crippen molar-refractivity contribution in [1.29, 1.82) is 0 Å². The van der Waals surface area contributed by atoms with E-state index >= 15 is 0 Å². The van der Waals surface area contributed by atoms with Gasteiger partial charge in [-0.2, -0.15) is 0 Å². The maximum Gasteiger partial charge on any atom is 0.337 e. The van der Waals surface area contributed by atoms with Crippen molar-refractivity contribution in [3.8, 4) is 0 Å². The van der Waals surface area contributed by atoms with Crippen LogP contribution >= 0.6 is 0 Å². The van der Waals surface area contributed by atoms with Crippen LogP contribution in [0.2, 0.25) is 0 Å². The van der Waals surface area contributed by atoms with E-state index in [4.69, 9.17) is 9.47 Å². The zero-order valence-corrected chi connectivity index (χ0v) is 16.0. The number of esters is 1. The molecule has 3 unspecified atom stereocenters. The van der Waals surface area contributed by atoms with Gasteiger partial charge in [-0.15, -0.1) is 0 Å². The van der Waals surface area contributed by atoms with Crippen molar-refractivity contribution in [3.05, 3.63) is 70.8 Å². The van der Waals surface area contributed by atoms with Crippen LogP contribution in [0.3, 0.4) is 0 Å². The fourth-order valence-electron chi connectivity index (χ4n) is 5.04. The summed E-state index contributed by atoms with van der Waals surface area (Å²) in [5.41, 5.74) is 4.82. The van der Waals surface area contributed by atoms with Gasteiger partial charge >= 0.3 is 5.97 Å². The molecule has 4 heteroatoms. The first-order valence-corrected chi connectivity index (χ1v) is 9.66. The van der Waals surface area contributed by atoms with Gasteiger partial charge in [0.05, 0.1) is 18.8 Å². The number of methoxy groups -OCH3 is 2. The van der Waals surface area contributed by atoms with Crippen LogP contribution in [-0.2, 0) is 22.3 Å². The van der Waals surface area contributed by atoms with Gasteiger partial charge in [0.15, 0.2) is 0 Å². The lowest BCUT2D eigenvalue weighted by atomic mass is 9.71. The monoisotopic (exact) mass is 365 g/mol. The minimum absolute atomic E-state index is 0.181. The van der Waals surface area contributed by atoms with E-state index in [0.29, 0.717) is 11.6 Å². The van der Waals surface area contributed by atoms with Gasteiger partial charge in [-0.05, 0) is 61.1 Å². The first-order chi connectivity index (χ1) is 13.1. The summed E-state index contributed by atoms with van der Waals surface area (Å²) in [6, 6.07) is 16.9. The summed E-state index contributed by atoms with van der Waals surface area (Å²) < 4.78 is 10.8. The number of ether oxygens (including phenoxy) is 2. The van der Waals surface area contributed by atoms with Gasteiger partial charge in [0.25, 0.3) is 0 Å². The van der Waals surface area contributed by atoms with Crippen LogP contribution < -0.4 is 5.32 Å². The predicted molar refractivity (Wildman–Crippen MR) is 105 cm³/mol.